The normalized spacial score (nSPS) is 13.4. The summed E-state index contributed by atoms with van der Waals surface area (Å²) in [6.45, 7) is 5.49. The number of amides is 1. The molecule has 1 aromatic heterocycles. The number of benzene rings is 1. The number of carbonyl (C=O) groups is 2. The lowest BCUT2D eigenvalue weighted by Crippen LogP contribution is -2.35. The van der Waals surface area contributed by atoms with Gasteiger partial charge in [0, 0.05) is 18.8 Å². The highest BCUT2D eigenvalue weighted by Gasteiger charge is 2.26. The molecule has 0 fully saturated rings. The Labute approximate surface area is 146 Å². The molecule has 2 atom stereocenters. The lowest BCUT2D eigenvalue weighted by Gasteiger charge is -2.22. The predicted octanol–water partition coefficient (Wildman–Crippen LogP) is 2.70. The second kappa shape index (κ2) is 8.41. The van der Waals surface area contributed by atoms with Gasteiger partial charge in [0.2, 0.25) is 11.8 Å². The van der Waals surface area contributed by atoms with Gasteiger partial charge in [0.15, 0.2) is 5.82 Å². The standard InChI is InChI=1S/C18H23N3O4/c1-11(2)17-20-15(25-21-17)10-9-14(22)19-16(12(3)18(23)24)13-7-5-4-6-8-13/h4-8,11-12,16H,9-10H2,1-3H3,(H,19,22)(H,23,24). The number of carboxylic acid groups (broad SMARTS) is 1. The Kier molecular flexibility index (Phi) is 6.27. The van der Waals surface area contributed by atoms with E-state index in [1.807, 2.05) is 32.0 Å². The lowest BCUT2D eigenvalue weighted by atomic mass is 9.94. The molecule has 0 aliphatic carbocycles. The molecule has 0 spiro atoms. The summed E-state index contributed by atoms with van der Waals surface area (Å²) in [6.07, 6.45) is 0.462. The van der Waals surface area contributed by atoms with Crippen molar-refractivity contribution in [2.24, 2.45) is 5.92 Å². The lowest BCUT2D eigenvalue weighted by molar-refractivity contribution is -0.142. The Bertz CT molecular complexity index is 712. The summed E-state index contributed by atoms with van der Waals surface area (Å²) in [7, 11) is 0. The quantitative estimate of drug-likeness (QED) is 0.762. The second-order valence-corrected chi connectivity index (χ2v) is 6.28. The van der Waals surface area contributed by atoms with Crippen LogP contribution in [0.4, 0.5) is 0 Å². The molecular weight excluding hydrogens is 322 g/mol. The molecule has 0 radical (unpaired) electrons. The average Bonchev–Trinajstić information content (AvgIpc) is 3.07. The minimum absolute atomic E-state index is 0.148. The minimum Gasteiger partial charge on any atom is -0.481 e. The molecule has 0 bridgehead atoms. The monoisotopic (exact) mass is 345 g/mol. The summed E-state index contributed by atoms with van der Waals surface area (Å²) in [4.78, 5) is 27.9. The first-order valence-electron chi connectivity index (χ1n) is 8.28. The van der Waals surface area contributed by atoms with Crippen LogP contribution in [0.1, 0.15) is 56.4 Å². The molecule has 2 N–H and O–H groups in total. The van der Waals surface area contributed by atoms with Crippen LogP contribution < -0.4 is 5.32 Å². The summed E-state index contributed by atoms with van der Waals surface area (Å²) in [5.41, 5.74) is 0.755. The van der Waals surface area contributed by atoms with Crippen LogP contribution in [-0.2, 0) is 16.0 Å². The first-order valence-corrected chi connectivity index (χ1v) is 8.28. The fourth-order valence-electron chi connectivity index (χ4n) is 2.37. The molecule has 1 aromatic carbocycles. The zero-order valence-electron chi connectivity index (χ0n) is 14.6. The first kappa shape index (κ1) is 18.6. The molecule has 7 heteroatoms. The van der Waals surface area contributed by atoms with E-state index in [9.17, 15) is 14.7 Å². The summed E-state index contributed by atoms with van der Waals surface area (Å²) < 4.78 is 5.12. The van der Waals surface area contributed by atoms with Gasteiger partial charge in [-0.1, -0.05) is 49.3 Å². The third-order valence-corrected chi connectivity index (χ3v) is 3.93. The van der Waals surface area contributed by atoms with Gasteiger partial charge in [0.05, 0.1) is 12.0 Å². The van der Waals surface area contributed by atoms with Gasteiger partial charge in [0.1, 0.15) is 0 Å². The Hall–Kier alpha value is -2.70. The van der Waals surface area contributed by atoms with E-state index in [0.29, 0.717) is 18.1 Å². The Balaban J connectivity index is 2.00. The van der Waals surface area contributed by atoms with E-state index in [-0.39, 0.29) is 18.2 Å². The predicted molar refractivity (Wildman–Crippen MR) is 90.8 cm³/mol. The maximum atomic E-state index is 12.3. The molecule has 25 heavy (non-hydrogen) atoms. The van der Waals surface area contributed by atoms with Crippen molar-refractivity contribution >= 4 is 11.9 Å². The van der Waals surface area contributed by atoms with Gasteiger partial charge in [-0.3, -0.25) is 9.59 Å². The number of aliphatic carboxylic acids is 1. The molecule has 2 aromatic rings. The molecule has 0 aliphatic rings. The zero-order chi connectivity index (χ0) is 18.4. The molecule has 7 nitrogen and oxygen atoms in total. The molecular formula is C18H23N3O4. The van der Waals surface area contributed by atoms with Crippen LogP contribution in [0.3, 0.4) is 0 Å². The smallest absolute Gasteiger partial charge is 0.308 e. The Morgan fingerprint density at radius 3 is 2.44 bits per heavy atom. The Morgan fingerprint density at radius 2 is 1.88 bits per heavy atom. The molecule has 1 amide bonds. The fourth-order valence-corrected chi connectivity index (χ4v) is 2.37. The number of carboxylic acids is 1. The number of carbonyl (C=O) groups excluding carboxylic acids is 1. The topological polar surface area (TPSA) is 105 Å². The maximum absolute atomic E-state index is 12.3. The highest BCUT2D eigenvalue weighted by Crippen LogP contribution is 2.22. The number of hydrogen-bond donors (Lipinski definition) is 2. The molecule has 0 aliphatic heterocycles. The van der Waals surface area contributed by atoms with Gasteiger partial charge in [-0.15, -0.1) is 0 Å². The second-order valence-electron chi connectivity index (χ2n) is 6.28. The molecule has 2 unspecified atom stereocenters. The number of nitrogens with zero attached hydrogens (tertiary/aromatic N) is 2. The van der Waals surface area contributed by atoms with Crippen LogP contribution >= 0.6 is 0 Å². The van der Waals surface area contributed by atoms with Gasteiger partial charge < -0.3 is 14.9 Å². The van der Waals surface area contributed by atoms with E-state index < -0.39 is 17.9 Å². The van der Waals surface area contributed by atoms with E-state index in [0.717, 1.165) is 5.56 Å². The highest BCUT2D eigenvalue weighted by atomic mass is 16.5. The van der Waals surface area contributed by atoms with Crippen molar-refractivity contribution in [2.45, 2.75) is 45.6 Å². The van der Waals surface area contributed by atoms with Gasteiger partial charge in [-0.05, 0) is 12.5 Å². The number of hydrogen-bond acceptors (Lipinski definition) is 5. The molecule has 2 rings (SSSR count). The highest BCUT2D eigenvalue weighted by molar-refractivity contribution is 5.78. The van der Waals surface area contributed by atoms with E-state index in [1.165, 1.54) is 0 Å². The van der Waals surface area contributed by atoms with E-state index in [4.69, 9.17) is 4.52 Å². The summed E-state index contributed by atoms with van der Waals surface area (Å²) >= 11 is 0. The average molecular weight is 345 g/mol. The summed E-state index contributed by atoms with van der Waals surface area (Å²) in [5.74, 6) is -0.801. The Morgan fingerprint density at radius 1 is 1.20 bits per heavy atom. The number of rotatable bonds is 8. The van der Waals surface area contributed by atoms with E-state index in [2.05, 4.69) is 15.5 Å². The number of nitrogens with one attached hydrogen (secondary N) is 1. The SMILES string of the molecule is CC(C)c1noc(CCC(=O)NC(c2ccccc2)C(C)C(=O)O)n1. The number of aryl methyl sites for hydroxylation is 1. The van der Waals surface area contributed by atoms with Crippen molar-refractivity contribution < 1.29 is 19.2 Å². The van der Waals surface area contributed by atoms with Crippen LogP contribution in [0.15, 0.2) is 34.9 Å². The van der Waals surface area contributed by atoms with Crippen molar-refractivity contribution in [2.75, 3.05) is 0 Å². The molecule has 134 valence electrons. The maximum Gasteiger partial charge on any atom is 0.308 e. The van der Waals surface area contributed by atoms with Crippen LogP contribution in [0.25, 0.3) is 0 Å². The first-order chi connectivity index (χ1) is 11.9. The molecule has 0 saturated carbocycles. The van der Waals surface area contributed by atoms with Crippen LogP contribution in [-0.4, -0.2) is 27.1 Å². The van der Waals surface area contributed by atoms with Crippen molar-refractivity contribution in [1.29, 1.82) is 0 Å². The van der Waals surface area contributed by atoms with Gasteiger partial charge >= 0.3 is 5.97 Å². The minimum atomic E-state index is -0.965. The van der Waals surface area contributed by atoms with Crippen LogP contribution in [0.5, 0.6) is 0 Å². The van der Waals surface area contributed by atoms with E-state index in [1.54, 1.807) is 19.1 Å². The largest absolute Gasteiger partial charge is 0.481 e. The van der Waals surface area contributed by atoms with Gasteiger partial charge in [-0.2, -0.15) is 4.98 Å². The van der Waals surface area contributed by atoms with Crippen molar-refractivity contribution in [1.82, 2.24) is 15.5 Å². The van der Waals surface area contributed by atoms with Crippen molar-refractivity contribution in [3.05, 3.63) is 47.6 Å². The van der Waals surface area contributed by atoms with Gasteiger partial charge in [-0.25, -0.2) is 0 Å². The summed E-state index contributed by atoms with van der Waals surface area (Å²) in [6, 6.07) is 8.48. The van der Waals surface area contributed by atoms with Crippen molar-refractivity contribution in [3.8, 4) is 0 Å². The summed E-state index contributed by atoms with van der Waals surface area (Å²) in [5, 5.41) is 16.0. The molecule has 1 heterocycles. The molecule has 0 saturated heterocycles. The zero-order valence-corrected chi connectivity index (χ0v) is 14.6. The third-order valence-electron chi connectivity index (χ3n) is 3.93. The fraction of sp³-hybridized carbons (Fsp3) is 0.444. The van der Waals surface area contributed by atoms with Crippen molar-refractivity contribution in [3.63, 3.8) is 0 Å². The third kappa shape index (κ3) is 5.14. The van der Waals surface area contributed by atoms with Crippen LogP contribution in [0, 0.1) is 5.92 Å². The van der Waals surface area contributed by atoms with Gasteiger partial charge in [0.25, 0.3) is 0 Å². The van der Waals surface area contributed by atoms with Crippen LogP contribution in [0.2, 0.25) is 0 Å². The number of aromatic nitrogens is 2. The van der Waals surface area contributed by atoms with E-state index >= 15 is 0 Å².